The van der Waals surface area contributed by atoms with E-state index < -0.39 is 0 Å². The Hall–Kier alpha value is -2.26. The van der Waals surface area contributed by atoms with E-state index in [1.807, 2.05) is 30.0 Å². The van der Waals surface area contributed by atoms with Gasteiger partial charge < -0.3 is 14.4 Å². The number of fused-ring (bicyclic) bond motifs is 1. The Bertz CT molecular complexity index is 603. The van der Waals surface area contributed by atoms with Gasteiger partial charge in [0.25, 0.3) is 0 Å². The highest BCUT2D eigenvalue weighted by Gasteiger charge is 2.27. The van der Waals surface area contributed by atoms with E-state index in [-0.39, 0.29) is 18.7 Å². The van der Waals surface area contributed by atoms with Gasteiger partial charge in [0, 0.05) is 32.6 Å². The van der Waals surface area contributed by atoms with Crippen molar-refractivity contribution < 1.29 is 14.3 Å². The smallest absolute Gasteiger partial charge is 0.231 e. The van der Waals surface area contributed by atoms with E-state index in [1.165, 1.54) is 0 Å². The molecule has 0 saturated carbocycles. The third-order valence-corrected chi connectivity index (χ3v) is 4.17. The summed E-state index contributed by atoms with van der Waals surface area (Å²) in [6, 6.07) is 7.67. The number of nitrogens with zero attached hydrogens (tertiary/aromatic N) is 3. The van der Waals surface area contributed by atoms with E-state index in [2.05, 4.69) is 11.0 Å². The predicted octanol–water partition coefficient (Wildman–Crippen LogP) is 1.53. The number of hydrogen-bond donors (Lipinski definition) is 0. The Morgan fingerprint density at radius 2 is 2.00 bits per heavy atom. The lowest BCUT2D eigenvalue weighted by atomic mass is 10.0. The first-order valence-corrected chi connectivity index (χ1v) is 7.54. The van der Waals surface area contributed by atoms with Crippen molar-refractivity contribution >= 4 is 5.91 Å². The van der Waals surface area contributed by atoms with Gasteiger partial charge in [-0.3, -0.25) is 9.69 Å². The van der Waals surface area contributed by atoms with E-state index >= 15 is 0 Å². The fourth-order valence-electron chi connectivity index (χ4n) is 2.90. The van der Waals surface area contributed by atoms with Crippen molar-refractivity contribution in [2.45, 2.75) is 19.4 Å². The minimum atomic E-state index is -0.326. The fraction of sp³-hybridized carbons (Fsp3) is 0.500. The molecule has 0 aromatic heterocycles. The number of benzene rings is 1. The number of rotatable bonds is 3. The molecule has 1 aromatic carbocycles. The maximum atomic E-state index is 11.7. The van der Waals surface area contributed by atoms with Gasteiger partial charge in [0.1, 0.15) is 6.04 Å². The lowest BCUT2D eigenvalue weighted by molar-refractivity contribution is -0.132. The second-order valence-corrected chi connectivity index (χ2v) is 5.41. The molecule has 1 aromatic rings. The van der Waals surface area contributed by atoms with Crippen LogP contribution < -0.4 is 9.47 Å². The van der Waals surface area contributed by atoms with E-state index in [0.29, 0.717) is 38.3 Å². The zero-order chi connectivity index (χ0) is 15.5. The van der Waals surface area contributed by atoms with Crippen LogP contribution in [-0.2, 0) is 4.79 Å². The molecule has 22 heavy (non-hydrogen) atoms. The summed E-state index contributed by atoms with van der Waals surface area (Å²) >= 11 is 0. The molecule has 1 unspecified atom stereocenters. The maximum Gasteiger partial charge on any atom is 0.231 e. The molecule has 3 rings (SSSR count). The minimum Gasteiger partial charge on any atom is -0.454 e. The Kier molecular flexibility index (Phi) is 4.16. The van der Waals surface area contributed by atoms with Gasteiger partial charge in [-0.2, -0.15) is 5.26 Å². The zero-order valence-electron chi connectivity index (χ0n) is 12.6. The van der Waals surface area contributed by atoms with Crippen LogP contribution in [0.25, 0.3) is 0 Å². The Morgan fingerprint density at radius 1 is 1.27 bits per heavy atom. The molecule has 2 aliphatic heterocycles. The summed E-state index contributed by atoms with van der Waals surface area (Å²) in [6.07, 6.45) is 0.532. The van der Waals surface area contributed by atoms with Crippen LogP contribution >= 0.6 is 0 Å². The Labute approximate surface area is 129 Å². The molecular weight excluding hydrogens is 282 g/mol. The monoisotopic (exact) mass is 301 g/mol. The molecule has 1 amide bonds. The number of ether oxygens (including phenoxy) is 2. The summed E-state index contributed by atoms with van der Waals surface area (Å²) in [5, 5.41) is 9.56. The van der Waals surface area contributed by atoms with Crippen LogP contribution in [0.3, 0.4) is 0 Å². The highest BCUT2D eigenvalue weighted by molar-refractivity contribution is 5.75. The normalized spacial score (nSPS) is 18.8. The highest BCUT2D eigenvalue weighted by Crippen LogP contribution is 2.35. The summed E-state index contributed by atoms with van der Waals surface area (Å²) in [7, 11) is 0. The second kappa shape index (κ2) is 6.24. The van der Waals surface area contributed by atoms with Gasteiger partial charge >= 0.3 is 0 Å². The third-order valence-electron chi connectivity index (χ3n) is 4.17. The number of amides is 1. The highest BCUT2D eigenvalue weighted by atomic mass is 16.7. The molecule has 0 spiro atoms. The van der Waals surface area contributed by atoms with Crippen molar-refractivity contribution in [1.82, 2.24) is 9.80 Å². The molecule has 0 bridgehead atoms. The first kappa shape index (κ1) is 14.7. The predicted molar refractivity (Wildman–Crippen MR) is 79.4 cm³/mol. The molecule has 0 N–H and O–H groups in total. The third kappa shape index (κ3) is 2.72. The van der Waals surface area contributed by atoms with Crippen molar-refractivity contribution in [3.05, 3.63) is 23.8 Å². The molecule has 0 aliphatic carbocycles. The lowest BCUT2D eigenvalue weighted by Crippen LogP contribution is -2.49. The van der Waals surface area contributed by atoms with Crippen LogP contribution in [0.5, 0.6) is 11.5 Å². The van der Waals surface area contributed by atoms with Crippen molar-refractivity contribution in [2.75, 3.05) is 33.0 Å². The molecule has 116 valence electrons. The average Bonchev–Trinajstić information content (AvgIpc) is 3.03. The van der Waals surface area contributed by atoms with E-state index in [0.717, 1.165) is 11.3 Å². The number of carbonyl (C=O) groups excluding carboxylic acids is 1. The van der Waals surface area contributed by atoms with Gasteiger partial charge in [0.2, 0.25) is 12.7 Å². The van der Waals surface area contributed by atoms with Crippen molar-refractivity contribution in [1.29, 1.82) is 5.26 Å². The number of piperazine rings is 1. The molecule has 1 atom stereocenters. The topological polar surface area (TPSA) is 65.8 Å². The van der Waals surface area contributed by atoms with E-state index in [9.17, 15) is 10.1 Å². The van der Waals surface area contributed by atoms with Crippen LogP contribution in [0.4, 0.5) is 0 Å². The summed E-state index contributed by atoms with van der Waals surface area (Å²) < 4.78 is 10.7. The van der Waals surface area contributed by atoms with E-state index in [4.69, 9.17) is 9.47 Å². The van der Waals surface area contributed by atoms with Gasteiger partial charge in [-0.15, -0.1) is 0 Å². The van der Waals surface area contributed by atoms with Gasteiger partial charge in [0.05, 0.1) is 6.07 Å². The summed E-state index contributed by atoms with van der Waals surface area (Å²) in [6.45, 7) is 4.87. The second-order valence-electron chi connectivity index (χ2n) is 5.41. The SMILES string of the molecule is CCC(=O)N1CCN(C(C#N)c2ccc3c(c2)OCO3)CC1. The lowest BCUT2D eigenvalue weighted by Gasteiger charge is -2.37. The van der Waals surface area contributed by atoms with Crippen molar-refractivity contribution in [3.63, 3.8) is 0 Å². The Balaban J connectivity index is 1.70. The molecular formula is C16H19N3O3. The van der Waals surface area contributed by atoms with Crippen LogP contribution in [-0.4, -0.2) is 48.7 Å². The first-order valence-electron chi connectivity index (χ1n) is 7.54. The van der Waals surface area contributed by atoms with Gasteiger partial charge in [-0.05, 0) is 17.7 Å². The maximum absolute atomic E-state index is 11.7. The van der Waals surface area contributed by atoms with Crippen LogP contribution in [0, 0.1) is 11.3 Å². The molecule has 6 heteroatoms. The van der Waals surface area contributed by atoms with Gasteiger partial charge in [0.15, 0.2) is 11.5 Å². The molecule has 2 heterocycles. The number of carbonyl (C=O) groups is 1. The standard InChI is InChI=1S/C16H19N3O3/c1-2-16(20)19-7-5-18(6-8-19)13(10-17)12-3-4-14-15(9-12)22-11-21-14/h3-4,9,13H,2,5-8,11H2,1H3. The van der Waals surface area contributed by atoms with Crippen molar-refractivity contribution in [3.8, 4) is 17.6 Å². The van der Waals surface area contributed by atoms with Gasteiger partial charge in [-0.1, -0.05) is 13.0 Å². The molecule has 1 fully saturated rings. The fourth-order valence-corrected chi connectivity index (χ4v) is 2.90. The Morgan fingerprint density at radius 3 is 2.68 bits per heavy atom. The molecule has 0 radical (unpaired) electrons. The van der Waals surface area contributed by atoms with E-state index in [1.54, 1.807) is 0 Å². The number of nitriles is 1. The van der Waals surface area contributed by atoms with Crippen LogP contribution in [0.2, 0.25) is 0 Å². The molecule has 1 saturated heterocycles. The van der Waals surface area contributed by atoms with Crippen molar-refractivity contribution in [2.24, 2.45) is 0 Å². The summed E-state index contributed by atoms with van der Waals surface area (Å²) in [5.41, 5.74) is 0.905. The van der Waals surface area contributed by atoms with Crippen LogP contribution in [0.1, 0.15) is 24.9 Å². The molecule has 6 nitrogen and oxygen atoms in total. The zero-order valence-corrected chi connectivity index (χ0v) is 12.6. The average molecular weight is 301 g/mol. The number of hydrogen-bond acceptors (Lipinski definition) is 5. The first-order chi connectivity index (χ1) is 10.7. The quantitative estimate of drug-likeness (QED) is 0.847. The summed E-state index contributed by atoms with van der Waals surface area (Å²) in [5.74, 6) is 1.59. The summed E-state index contributed by atoms with van der Waals surface area (Å²) in [4.78, 5) is 15.7. The molecule has 2 aliphatic rings. The largest absolute Gasteiger partial charge is 0.454 e. The minimum absolute atomic E-state index is 0.177. The van der Waals surface area contributed by atoms with Gasteiger partial charge in [-0.25, -0.2) is 0 Å². The van der Waals surface area contributed by atoms with Crippen LogP contribution in [0.15, 0.2) is 18.2 Å².